The maximum Gasteiger partial charge on any atom is 0.388 e. The molecule has 1 saturated heterocycles. The molecule has 0 unspecified atom stereocenters. The van der Waals surface area contributed by atoms with Crippen molar-refractivity contribution in [1.82, 2.24) is 9.48 Å². The SMILES string of the molecule is CCC(F)(F)F.O=C1CCN(C(=O)c2ccc(C3=c4cc5c6c(c4Oc4c3cc3c7c4CCCN7CCC3)CCC[N+]=6CCC5)cc2)CC1. The fourth-order valence-electron chi connectivity index (χ4n) is 8.75. The molecular formula is C40H43F3N3O3+. The first-order chi connectivity index (χ1) is 23.7. The summed E-state index contributed by atoms with van der Waals surface area (Å²) in [6.45, 7) is 6.68. The maximum absolute atomic E-state index is 13.3. The molecule has 3 aromatic carbocycles. The normalized spacial score (nSPS) is 19.1. The fraction of sp³-hybridized carbons (Fsp3) is 0.475. The Kier molecular flexibility index (Phi) is 8.27. The molecule has 0 aliphatic carbocycles. The topological polar surface area (TPSA) is 52.9 Å². The van der Waals surface area contributed by atoms with Crippen LogP contribution in [0.4, 0.5) is 18.9 Å². The summed E-state index contributed by atoms with van der Waals surface area (Å²) in [4.78, 5) is 29.5. The number of ether oxygens (including phenoxy) is 1. The van der Waals surface area contributed by atoms with Gasteiger partial charge in [0.15, 0.2) is 0 Å². The number of anilines is 1. The molecule has 6 heterocycles. The predicted octanol–water partition coefficient (Wildman–Crippen LogP) is 5.89. The van der Waals surface area contributed by atoms with Crippen LogP contribution in [0, 0.1) is 0 Å². The van der Waals surface area contributed by atoms with E-state index in [0.29, 0.717) is 31.5 Å². The van der Waals surface area contributed by atoms with E-state index in [1.807, 2.05) is 17.0 Å². The lowest BCUT2D eigenvalue weighted by Crippen LogP contribution is -2.45. The first-order valence-electron chi connectivity index (χ1n) is 18.1. The maximum atomic E-state index is 13.3. The number of benzene rings is 3. The molecule has 6 aliphatic heterocycles. The van der Waals surface area contributed by atoms with Gasteiger partial charge in [-0.1, -0.05) is 19.1 Å². The molecule has 0 bridgehead atoms. The number of piperidine rings is 1. The van der Waals surface area contributed by atoms with Gasteiger partial charge in [0.25, 0.3) is 5.91 Å². The lowest BCUT2D eigenvalue weighted by Gasteiger charge is -2.39. The zero-order chi connectivity index (χ0) is 33.9. The van der Waals surface area contributed by atoms with Crippen molar-refractivity contribution >= 4 is 23.0 Å². The highest BCUT2D eigenvalue weighted by Gasteiger charge is 2.35. The quantitative estimate of drug-likeness (QED) is 0.250. The van der Waals surface area contributed by atoms with Crippen LogP contribution in [0.3, 0.4) is 0 Å². The van der Waals surface area contributed by atoms with Crippen LogP contribution in [0.2, 0.25) is 0 Å². The largest absolute Gasteiger partial charge is 0.455 e. The van der Waals surface area contributed by atoms with Gasteiger partial charge in [0.05, 0.1) is 5.56 Å². The van der Waals surface area contributed by atoms with Gasteiger partial charge in [-0.25, -0.2) is 4.58 Å². The highest BCUT2D eigenvalue weighted by molar-refractivity contribution is 5.96. The van der Waals surface area contributed by atoms with Crippen LogP contribution in [0.5, 0.6) is 11.5 Å². The molecule has 9 rings (SSSR count). The summed E-state index contributed by atoms with van der Waals surface area (Å²) >= 11 is 0. The lowest BCUT2D eigenvalue weighted by atomic mass is 9.82. The number of amides is 1. The smallest absolute Gasteiger partial charge is 0.388 e. The van der Waals surface area contributed by atoms with Crippen LogP contribution in [0.15, 0.2) is 36.4 Å². The lowest BCUT2D eigenvalue weighted by molar-refractivity contribution is -0.130. The van der Waals surface area contributed by atoms with Crippen molar-refractivity contribution in [3.05, 3.63) is 85.9 Å². The first-order valence-corrected chi connectivity index (χ1v) is 18.1. The van der Waals surface area contributed by atoms with Gasteiger partial charge in [-0.3, -0.25) is 9.59 Å². The van der Waals surface area contributed by atoms with Crippen molar-refractivity contribution in [2.24, 2.45) is 0 Å². The Morgan fingerprint density at radius 2 is 1.47 bits per heavy atom. The Bertz CT molecular complexity index is 1970. The number of ketones is 1. The van der Waals surface area contributed by atoms with Gasteiger partial charge in [-0.2, -0.15) is 13.2 Å². The standard InChI is InChI=1S/C37H38N3O3.C3H5F3/c41-27-13-19-40(20-14-27)37(42)24-11-9-23(10-12-24)32-30-21-25-5-1-15-38-17-3-7-28(33(25)38)35(30)43-36-29-8-4-18-39-16-2-6-26(34(29)39)22-31(32)36;1-2-3(4,5)6/h9-12,21-22H,1-8,13-20H2;2H2,1H3/q+1;. The predicted molar refractivity (Wildman–Crippen MR) is 183 cm³/mol. The number of aryl methyl sites for hydroxylation is 2. The Labute approximate surface area is 284 Å². The zero-order valence-corrected chi connectivity index (χ0v) is 28.2. The van der Waals surface area contributed by atoms with Crippen LogP contribution in [0.1, 0.15) is 95.6 Å². The van der Waals surface area contributed by atoms with Crippen molar-refractivity contribution in [3.8, 4) is 11.5 Å². The summed E-state index contributed by atoms with van der Waals surface area (Å²) in [5.74, 6) is 2.40. The van der Waals surface area contributed by atoms with E-state index < -0.39 is 12.6 Å². The average molecular weight is 671 g/mol. The molecule has 0 aromatic heterocycles. The number of fused-ring (bicyclic) bond motifs is 4. The minimum atomic E-state index is -3.96. The monoisotopic (exact) mass is 670 g/mol. The number of hydrogen-bond acceptors (Lipinski definition) is 4. The number of hydrogen-bond donors (Lipinski definition) is 0. The Hall–Kier alpha value is -4.14. The average Bonchev–Trinajstić information content (AvgIpc) is 3.12. The van der Waals surface area contributed by atoms with Gasteiger partial charge in [-0.15, -0.1) is 0 Å². The molecule has 0 radical (unpaired) electrons. The number of nitrogens with zero attached hydrogens (tertiary/aromatic N) is 3. The van der Waals surface area contributed by atoms with E-state index in [1.165, 1.54) is 62.5 Å². The summed E-state index contributed by atoms with van der Waals surface area (Å²) in [7, 11) is 0. The third-order valence-electron chi connectivity index (χ3n) is 11.1. The van der Waals surface area contributed by atoms with Crippen molar-refractivity contribution < 1.29 is 27.5 Å². The van der Waals surface area contributed by atoms with Gasteiger partial charge in [0.1, 0.15) is 30.4 Å². The van der Waals surface area contributed by atoms with E-state index in [-0.39, 0.29) is 11.7 Å². The van der Waals surface area contributed by atoms with Gasteiger partial charge >= 0.3 is 6.18 Å². The van der Waals surface area contributed by atoms with Crippen LogP contribution in [-0.4, -0.2) is 62.0 Å². The van der Waals surface area contributed by atoms with Gasteiger partial charge in [-0.05, 0) is 73.9 Å². The molecule has 256 valence electrons. The number of alkyl halides is 3. The molecule has 6 nitrogen and oxygen atoms in total. The van der Waals surface area contributed by atoms with Crippen LogP contribution < -0.4 is 24.8 Å². The molecule has 0 atom stereocenters. The van der Waals surface area contributed by atoms with Gasteiger partial charge in [0.2, 0.25) is 5.36 Å². The molecule has 0 N–H and O–H groups in total. The van der Waals surface area contributed by atoms with Crippen molar-refractivity contribution in [3.63, 3.8) is 0 Å². The summed E-state index contributed by atoms with van der Waals surface area (Å²) in [6.07, 6.45) is 5.31. The van der Waals surface area contributed by atoms with Crippen molar-refractivity contribution in [2.75, 3.05) is 44.2 Å². The molecular weight excluding hydrogens is 627 g/mol. The van der Waals surface area contributed by atoms with E-state index in [2.05, 4.69) is 33.7 Å². The number of halogens is 3. The zero-order valence-electron chi connectivity index (χ0n) is 28.2. The molecule has 9 heteroatoms. The second-order valence-corrected chi connectivity index (χ2v) is 14.2. The van der Waals surface area contributed by atoms with Crippen LogP contribution in [-0.2, 0) is 30.5 Å². The third-order valence-corrected chi connectivity index (χ3v) is 11.1. The van der Waals surface area contributed by atoms with Crippen molar-refractivity contribution in [2.45, 2.75) is 83.7 Å². The minimum absolute atomic E-state index is 0.0222. The molecule has 1 fully saturated rings. The first kappa shape index (κ1) is 32.1. The second kappa shape index (κ2) is 12.6. The number of Topliss-reactive ketones (excluding diaryl/α,β-unsaturated/α-hetero) is 1. The molecule has 6 aliphatic rings. The number of rotatable bonds is 2. The highest BCUT2D eigenvalue weighted by atomic mass is 19.4. The number of likely N-dealkylation sites (tertiary alicyclic amines) is 1. The van der Waals surface area contributed by atoms with Crippen molar-refractivity contribution in [1.29, 1.82) is 0 Å². The minimum Gasteiger partial charge on any atom is -0.455 e. The third kappa shape index (κ3) is 5.83. The van der Waals surface area contributed by atoms with E-state index in [1.54, 1.807) is 0 Å². The Balaban J connectivity index is 0.000000536. The van der Waals surface area contributed by atoms with E-state index >= 15 is 0 Å². The summed E-state index contributed by atoms with van der Waals surface area (Å²) in [5, 5.41) is 2.66. The highest BCUT2D eigenvalue weighted by Crippen LogP contribution is 2.48. The van der Waals surface area contributed by atoms with Gasteiger partial charge in [0, 0.05) is 97.0 Å². The summed E-state index contributed by atoms with van der Waals surface area (Å²) in [5.41, 5.74) is 11.4. The Morgan fingerprint density at radius 1 is 0.816 bits per heavy atom. The van der Waals surface area contributed by atoms with Crippen LogP contribution in [0.25, 0.3) is 5.57 Å². The Morgan fingerprint density at radius 3 is 2.18 bits per heavy atom. The van der Waals surface area contributed by atoms with Gasteiger partial charge < -0.3 is 14.5 Å². The molecule has 1 amide bonds. The summed E-state index contributed by atoms with van der Waals surface area (Å²) in [6, 6.07) is 13.1. The second-order valence-electron chi connectivity index (χ2n) is 14.2. The molecule has 0 saturated carbocycles. The number of carbonyl (C=O) groups excluding carboxylic acids is 2. The molecule has 0 spiro atoms. The molecule has 49 heavy (non-hydrogen) atoms. The fourth-order valence-corrected chi connectivity index (χ4v) is 8.75. The van der Waals surface area contributed by atoms with E-state index in [9.17, 15) is 22.8 Å². The summed E-state index contributed by atoms with van der Waals surface area (Å²) < 4.78 is 42.1. The molecule has 3 aromatic rings. The van der Waals surface area contributed by atoms with E-state index in [0.717, 1.165) is 88.7 Å². The number of carbonyl (C=O) groups is 2. The van der Waals surface area contributed by atoms with Crippen LogP contribution >= 0.6 is 0 Å². The van der Waals surface area contributed by atoms with E-state index in [4.69, 9.17) is 4.74 Å².